The SMILES string of the molecule is COC(=O)c1ccc(C(=O)c2ccccc2)cc1N. The molecule has 0 atom stereocenters. The standard InChI is InChI=1S/C15H13NO3/c1-19-15(18)12-8-7-11(9-13(12)16)14(17)10-5-3-2-4-6-10/h2-9H,16H2,1H3. The number of anilines is 1. The van der Waals surface area contributed by atoms with Crippen LogP contribution in [-0.2, 0) is 4.74 Å². The fraction of sp³-hybridized carbons (Fsp3) is 0.0667. The number of nitrogens with two attached hydrogens (primary N) is 1. The van der Waals surface area contributed by atoms with E-state index in [9.17, 15) is 9.59 Å². The van der Waals surface area contributed by atoms with Gasteiger partial charge in [-0.2, -0.15) is 0 Å². The van der Waals surface area contributed by atoms with E-state index in [1.807, 2.05) is 6.07 Å². The molecule has 2 aromatic rings. The van der Waals surface area contributed by atoms with Crippen molar-refractivity contribution < 1.29 is 14.3 Å². The first-order chi connectivity index (χ1) is 9.13. The van der Waals surface area contributed by atoms with E-state index < -0.39 is 5.97 Å². The Morgan fingerprint density at radius 1 is 1.00 bits per heavy atom. The van der Waals surface area contributed by atoms with Crippen molar-refractivity contribution in [2.45, 2.75) is 0 Å². The minimum atomic E-state index is -0.517. The van der Waals surface area contributed by atoms with E-state index in [1.165, 1.54) is 19.2 Å². The highest BCUT2D eigenvalue weighted by Gasteiger charge is 2.14. The number of benzene rings is 2. The van der Waals surface area contributed by atoms with E-state index >= 15 is 0 Å². The second-order valence-electron chi connectivity index (χ2n) is 3.99. The zero-order valence-electron chi connectivity index (χ0n) is 10.4. The number of ketones is 1. The smallest absolute Gasteiger partial charge is 0.339 e. The number of hydrogen-bond acceptors (Lipinski definition) is 4. The molecular formula is C15H13NO3. The average Bonchev–Trinajstić information content (AvgIpc) is 2.46. The molecule has 2 rings (SSSR count). The number of rotatable bonds is 3. The van der Waals surface area contributed by atoms with E-state index in [2.05, 4.69) is 4.74 Å². The molecule has 0 fully saturated rings. The molecule has 4 nitrogen and oxygen atoms in total. The van der Waals surface area contributed by atoms with Crippen LogP contribution < -0.4 is 5.73 Å². The van der Waals surface area contributed by atoms with Gasteiger partial charge in [-0.15, -0.1) is 0 Å². The van der Waals surface area contributed by atoms with Gasteiger partial charge in [0.15, 0.2) is 5.78 Å². The summed E-state index contributed by atoms with van der Waals surface area (Å²) in [5.74, 6) is -0.653. The molecule has 0 heterocycles. The van der Waals surface area contributed by atoms with Crippen molar-refractivity contribution in [3.63, 3.8) is 0 Å². The van der Waals surface area contributed by atoms with Crippen LogP contribution in [0.3, 0.4) is 0 Å². The zero-order valence-corrected chi connectivity index (χ0v) is 10.4. The van der Waals surface area contributed by atoms with E-state index in [0.29, 0.717) is 11.1 Å². The normalized spacial score (nSPS) is 9.95. The van der Waals surface area contributed by atoms with Crippen molar-refractivity contribution in [3.05, 3.63) is 65.2 Å². The number of methoxy groups -OCH3 is 1. The molecule has 2 N–H and O–H groups in total. The summed E-state index contributed by atoms with van der Waals surface area (Å²) in [6.45, 7) is 0. The van der Waals surface area contributed by atoms with Gasteiger partial charge in [-0.1, -0.05) is 36.4 Å². The Labute approximate surface area is 110 Å². The molecule has 0 amide bonds. The van der Waals surface area contributed by atoms with Gasteiger partial charge in [-0.05, 0) is 12.1 Å². The van der Waals surface area contributed by atoms with Gasteiger partial charge in [0.05, 0.1) is 12.7 Å². The first kappa shape index (κ1) is 12.8. The Morgan fingerprint density at radius 3 is 2.26 bits per heavy atom. The minimum Gasteiger partial charge on any atom is -0.465 e. The Kier molecular flexibility index (Phi) is 3.61. The largest absolute Gasteiger partial charge is 0.465 e. The first-order valence-electron chi connectivity index (χ1n) is 5.71. The Morgan fingerprint density at radius 2 is 1.68 bits per heavy atom. The number of esters is 1. The summed E-state index contributed by atoms with van der Waals surface area (Å²) in [6.07, 6.45) is 0. The van der Waals surface area contributed by atoms with Gasteiger partial charge in [-0.3, -0.25) is 4.79 Å². The maximum atomic E-state index is 12.2. The molecule has 0 radical (unpaired) electrons. The second-order valence-corrected chi connectivity index (χ2v) is 3.99. The summed E-state index contributed by atoms with van der Waals surface area (Å²) < 4.78 is 4.60. The maximum absolute atomic E-state index is 12.2. The molecule has 0 spiro atoms. The molecule has 2 aromatic carbocycles. The molecule has 0 saturated carbocycles. The highest BCUT2D eigenvalue weighted by molar-refractivity contribution is 6.10. The summed E-state index contributed by atoms with van der Waals surface area (Å²) in [7, 11) is 1.28. The lowest BCUT2D eigenvalue weighted by Crippen LogP contribution is -2.08. The van der Waals surface area contributed by atoms with Gasteiger partial charge in [0.1, 0.15) is 0 Å². The van der Waals surface area contributed by atoms with Crippen molar-refractivity contribution in [2.24, 2.45) is 0 Å². The molecule has 0 aliphatic heterocycles. The number of nitrogen functional groups attached to an aromatic ring is 1. The predicted molar refractivity (Wildman–Crippen MR) is 72.1 cm³/mol. The van der Waals surface area contributed by atoms with Crippen molar-refractivity contribution in [1.29, 1.82) is 0 Å². The summed E-state index contributed by atoms with van der Waals surface area (Å²) in [6, 6.07) is 13.4. The third kappa shape index (κ3) is 2.63. The van der Waals surface area contributed by atoms with Gasteiger partial charge in [0, 0.05) is 16.8 Å². The summed E-state index contributed by atoms with van der Waals surface area (Å²) in [5, 5.41) is 0. The summed E-state index contributed by atoms with van der Waals surface area (Å²) in [4.78, 5) is 23.6. The number of carbonyl (C=O) groups is 2. The van der Waals surface area contributed by atoms with Crippen LogP contribution in [-0.4, -0.2) is 18.9 Å². The number of ether oxygens (including phenoxy) is 1. The average molecular weight is 255 g/mol. The molecule has 19 heavy (non-hydrogen) atoms. The number of hydrogen-bond donors (Lipinski definition) is 1. The molecule has 0 aliphatic rings. The van der Waals surface area contributed by atoms with Crippen LogP contribution in [0.15, 0.2) is 48.5 Å². The van der Waals surface area contributed by atoms with Gasteiger partial charge in [-0.25, -0.2) is 4.79 Å². The lowest BCUT2D eigenvalue weighted by molar-refractivity contribution is 0.0601. The van der Waals surface area contributed by atoms with Crippen molar-refractivity contribution in [1.82, 2.24) is 0 Å². The van der Waals surface area contributed by atoms with Crippen LogP contribution in [0.5, 0.6) is 0 Å². The number of carbonyl (C=O) groups excluding carboxylic acids is 2. The topological polar surface area (TPSA) is 69.4 Å². The molecule has 0 aromatic heterocycles. The second kappa shape index (κ2) is 5.35. The third-order valence-corrected chi connectivity index (χ3v) is 2.76. The highest BCUT2D eigenvalue weighted by Crippen LogP contribution is 2.18. The Hall–Kier alpha value is -2.62. The fourth-order valence-corrected chi connectivity index (χ4v) is 1.76. The van der Waals surface area contributed by atoms with Crippen LogP contribution in [0.25, 0.3) is 0 Å². The van der Waals surface area contributed by atoms with Crippen LogP contribution >= 0.6 is 0 Å². The molecular weight excluding hydrogens is 242 g/mol. The zero-order chi connectivity index (χ0) is 13.8. The molecule has 96 valence electrons. The molecule has 4 heteroatoms. The van der Waals surface area contributed by atoms with E-state index in [1.54, 1.807) is 30.3 Å². The van der Waals surface area contributed by atoms with Gasteiger partial charge < -0.3 is 10.5 Å². The van der Waals surface area contributed by atoms with Crippen molar-refractivity contribution in [2.75, 3.05) is 12.8 Å². The predicted octanol–water partition coefficient (Wildman–Crippen LogP) is 2.29. The van der Waals surface area contributed by atoms with Crippen LogP contribution in [0.4, 0.5) is 5.69 Å². The minimum absolute atomic E-state index is 0.135. The molecule has 0 bridgehead atoms. The van der Waals surface area contributed by atoms with Gasteiger partial charge in [0.2, 0.25) is 0 Å². The summed E-state index contributed by atoms with van der Waals surface area (Å²) >= 11 is 0. The van der Waals surface area contributed by atoms with E-state index in [4.69, 9.17) is 5.73 Å². The highest BCUT2D eigenvalue weighted by atomic mass is 16.5. The quantitative estimate of drug-likeness (QED) is 0.519. The van der Waals surface area contributed by atoms with Crippen LogP contribution in [0.1, 0.15) is 26.3 Å². The fourth-order valence-electron chi connectivity index (χ4n) is 1.76. The lowest BCUT2D eigenvalue weighted by atomic mass is 10.0. The molecule has 0 unspecified atom stereocenters. The maximum Gasteiger partial charge on any atom is 0.339 e. The van der Waals surface area contributed by atoms with E-state index in [-0.39, 0.29) is 17.0 Å². The van der Waals surface area contributed by atoms with E-state index in [0.717, 1.165) is 0 Å². The molecule has 0 saturated heterocycles. The first-order valence-corrected chi connectivity index (χ1v) is 5.71. The monoisotopic (exact) mass is 255 g/mol. The third-order valence-electron chi connectivity index (χ3n) is 2.76. The van der Waals surface area contributed by atoms with Crippen molar-refractivity contribution in [3.8, 4) is 0 Å². The Balaban J connectivity index is 2.35. The lowest BCUT2D eigenvalue weighted by Gasteiger charge is -2.06. The van der Waals surface area contributed by atoms with Gasteiger partial charge >= 0.3 is 5.97 Å². The Bertz CT molecular complexity index is 621. The van der Waals surface area contributed by atoms with Crippen LogP contribution in [0.2, 0.25) is 0 Å². The molecule has 0 aliphatic carbocycles. The van der Waals surface area contributed by atoms with Crippen LogP contribution in [0, 0.1) is 0 Å². The summed E-state index contributed by atoms with van der Waals surface area (Å²) in [5.41, 5.74) is 7.27. The van der Waals surface area contributed by atoms with Gasteiger partial charge in [0.25, 0.3) is 0 Å². The van der Waals surface area contributed by atoms with Crippen molar-refractivity contribution >= 4 is 17.4 Å².